The second-order valence-electron chi connectivity index (χ2n) is 21.7. The normalized spacial score (nSPS) is 13.3. The molecule has 0 spiro atoms. The maximum Gasteiger partial charge on any atom is 0.531 e. The fraction of sp³-hybridized carbons (Fsp3) is 0.574. The van der Waals surface area contributed by atoms with Crippen LogP contribution >= 0.6 is 7.82 Å². The fourth-order valence-electron chi connectivity index (χ4n) is 7.42. The summed E-state index contributed by atoms with van der Waals surface area (Å²) in [5.41, 5.74) is -3.03. The van der Waals surface area contributed by atoms with Crippen LogP contribution in [0.4, 0.5) is 0 Å². The molecule has 0 aliphatic heterocycles. The number of nitrogens with one attached hydrogen (secondary N) is 3. The number of hydroxylamine groups is 2. The monoisotopic (exact) mass is 1070 g/mol. The van der Waals surface area contributed by atoms with Crippen LogP contribution in [0.5, 0.6) is 11.5 Å². The number of benzene rings is 2. The Morgan fingerprint density at radius 1 is 0.760 bits per heavy atom. The molecule has 3 rings (SSSR count). The van der Waals surface area contributed by atoms with E-state index in [1.54, 1.807) is 122 Å². The number of carbonyl (C=O) groups is 7. The second-order valence-corrected chi connectivity index (χ2v) is 23.1. The minimum absolute atomic E-state index is 0.0404. The summed E-state index contributed by atoms with van der Waals surface area (Å²) in [4.78, 5) is 99.5. The van der Waals surface area contributed by atoms with Crippen molar-refractivity contribution in [2.24, 2.45) is 5.92 Å². The molecule has 21 heteroatoms. The Bertz CT molecular complexity index is 2490. The molecule has 2 aromatic carbocycles. The third-order valence-corrected chi connectivity index (χ3v) is 12.3. The average Bonchev–Trinajstić information content (AvgIpc) is 3.76. The van der Waals surface area contributed by atoms with Crippen molar-refractivity contribution in [1.29, 1.82) is 0 Å². The van der Waals surface area contributed by atoms with Crippen LogP contribution in [-0.4, -0.2) is 94.9 Å². The van der Waals surface area contributed by atoms with Crippen LogP contribution in [0.2, 0.25) is 0 Å². The number of furan rings is 1. The van der Waals surface area contributed by atoms with Crippen LogP contribution in [0, 0.1) is 12.8 Å². The van der Waals surface area contributed by atoms with Crippen LogP contribution < -0.4 is 25.2 Å². The summed E-state index contributed by atoms with van der Waals surface area (Å²) < 4.78 is 54.1. The summed E-state index contributed by atoms with van der Waals surface area (Å²) in [7, 11) is -4.38. The van der Waals surface area contributed by atoms with Crippen LogP contribution in [-0.2, 0) is 47.1 Å². The molecule has 416 valence electrons. The number of esters is 2. The molecule has 0 saturated heterocycles. The van der Waals surface area contributed by atoms with Gasteiger partial charge in [0, 0.05) is 5.56 Å². The third kappa shape index (κ3) is 20.8. The minimum Gasteiger partial charge on any atom is -0.493 e. The van der Waals surface area contributed by atoms with Crippen molar-refractivity contribution in [2.75, 3.05) is 13.3 Å². The number of carbonyl (C=O) groups excluding carboxylic acids is 7. The number of phosphoric ester groups is 1. The Morgan fingerprint density at radius 3 is 1.96 bits per heavy atom. The van der Waals surface area contributed by atoms with Crippen LogP contribution in [0.15, 0.2) is 52.9 Å². The number of unbranched alkanes of at least 4 members (excludes halogenated alkanes) is 2. The first-order valence-electron chi connectivity index (χ1n) is 25.2. The van der Waals surface area contributed by atoms with E-state index in [1.165, 1.54) is 30.3 Å². The van der Waals surface area contributed by atoms with Crippen LogP contribution in [0.1, 0.15) is 179 Å². The van der Waals surface area contributed by atoms with Crippen molar-refractivity contribution in [1.82, 2.24) is 21.0 Å². The Labute approximate surface area is 441 Å². The summed E-state index contributed by atoms with van der Waals surface area (Å²) in [6.45, 7) is 26.9. The molecule has 0 aliphatic carbocycles. The predicted octanol–water partition coefficient (Wildman–Crippen LogP) is 9.95. The van der Waals surface area contributed by atoms with Crippen LogP contribution in [0.25, 0.3) is 11.3 Å². The van der Waals surface area contributed by atoms with E-state index < -0.39 is 90.3 Å². The number of aryl methyl sites for hydroxylation is 1. The van der Waals surface area contributed by atoms with Crippen molar-refractivity contribution in [3.63, 3.8) is 0 Å². The van der Waals surface area contributed by atoms with Crippen molar-refractivity contribution in [3.8, 4) is 22.8 Å². The average molecular weight is 1070 g/mol. The van der Waals surface area contributed by atoms with Crippen molar-refractivity contribution in [3.05, 3.63) is 71.0 Å². The number of hydrogen-bond acceptors (Lipinski definition) is 16. The highest BCUT2D eigenvalue weighted by atomic mass is 31.2. The van der Waals surface area contributed by atoms with Crippen LogP contribution in [0.3, 0.4) is 0 Å². The van der Waals surface area contributed by atoms with Gasteiger partial charge in [-0.3, -0.25) is 33.0 Å². The Kier molecular flexibility index (Phi) is 22.7. The summed E-state index contributed by atoms with van der Waals surface area (Å²) in [6.07, 6.45) is 2.50. The maximum atomic E-state index is 14.1. The molecule has 1 aromatic heterocycles. The smallest absolute Gasteiger partial charge is 0.493 e. The number of nitrogens with zero attached hydrogens (tertiary/aromatic N) is 1. The van der Waals surface area contributed by atoms with Gasteiger partial charge in [0.05, 0.1) is 48.4 Å². The molecule has 0 fully saturated rings. The lowest BCUT2D eigenvalue weighted by atomic mass is 9.90. The van der Waals surface area contributed by atoms with Crippen molar-refractivity contribution >= 4 is 49.9 Å². The first-order valence-corrected chi connectivity index (χ1v) is 26.6. The maximum absolute atomic E-state index is 14.1. The third-order valence-electron chi connectivity index (χ3n) is 10.3. The zero-order valence-corrected chi connectivity index (χ0v) is 47.4. The van der Waals surface area contributed by atoms with Gasteiger partial charge in [0.15, 0.2) is 5.76 Å². The van der Waals surface area contributed by atoms with E-state index in [1.807, 2.05) is 6.92 Å². The van der Waals surface area contributed by atoms with E-state index >= 15 is 0 Å². The Hall–Kier alpha value is -6.24. The van der Waals surface area contributed by atoms with Gasteiger partial charge in [0.2, 0.25) is 12.3 Å². The molecular formula is C54H79N4O16P. The SMILES string of the molecule is CCCCCC(C(=O)NCNC(=O)c1ccc(-c2ccc(C(=O)NC(CC(=O)OC(C)(C)C)C(=O)OC(C)(C)C)c(OCC)c2)o1)[C@@H](CC)N(C=O)OC(=O)c1c(C)cccc1OP(=O)(OC(C)(C)C)OC(C)(C)C. The summed E-state index contributed by atoms with van der Waals surface area (Å²) in [5, 5.41) is 8.71. The lowest BCUT2D eigenvalue weighted by Gasteiger charge is -2.32. The highest BCUT2D eigenvalue weighted by molar-refractivity contribution is 7.49. The number of rotatable bonds is 26. The highest BCUT2D eigenvalue weighted by Crippen LogP contribution is 2.56. The van der Waals surface area contributed by atoms with E-state index in [0.29, 0.717) is 30.4 Å². The molecule has 0 bridgehead atoms. The molecule has 75 heavy (non-hydrogen) atoms. The first kappa shape index (κ1) is 63.1. The quantitative estimate of drug-likeness (QED) is 0.0169. The molecule has 2 unspecified atom stereocenters. The number of phosphoric acid groups is 1. The highest BCUT2D eigenvalue weighted by Gasteiger charge is 2.41. The standard InChI is InChI=1S/C54H79N4O16P/c1-17-20-21-24-36(39(18-2)58(33-59)71-50(65)45-34(4)23-22-25-41(45)72-75(66,73-53(11,12)13)74-54(14,15)16)46(61)55-32-56-48(63)42-29-28-40(68-42)35-26-27-37(43(30-35)67-19-3)47(62)57-38(49(64)70-52(8,9)10)31-44(60)69-51(5,6)7/h22-23,25-30,33,36,38-39H,17-21,24,31-32H2,1-16H3,(H,55,61)(H,56,63)(H,57,62)/t36?,38?,39-/m1/s1. The van der Waals surface area contributed by atoms with Crippen molar-refractivity contribution < 1.29 is 75.2 Å². The Morgan fingerprint density at radius 2 is 1.40 bits per heavy atom. The van der Waals surface area contributed by atoms with Gasteiger partial charge in [-0.15, -0.1) is 0 Å². The van der Waals surface area contributed by atoms with Gasteiger partial charge in [0.1, 0.15) is 40.1 Å². The van der Waals surface area contributed by atoms with Gasteiger partial charge in [-0.2, -0.15) is 5.06 Å². The van der Waals surface area contributed by atoms with E-state index in [2.05, 4.69) is 16.0 Å². The number of ether oxygens (including phenoxy) is 3. The molecule has 0 radical (unpaired) electrons. The van der Waals surface area contributed by atoms with E-state index in [0.717, 1.165) is 17.9 Å². The molecular weight excluding hydrogens is 992 g/mol. The zero-order chi connectivity index (χ0) is 56.7. The Balaban J connectivity index is 1.80. The number of hydrogen-bond donors (Lipinski definition) is 3. The molecule has 3 atom stereocenters. The largest absolute Gasteiger partial charge is 0.531 e. The van der Waals surface area contributed by atoms with Gasteiger partial charge < -0.3 is 43.9 Å². The van der Waals surface area contributed by atoms with E-state index in [4.69, 9.17) is 37.0 Å². The van der Waals surface area contributed by atoms with Gasteiger partial charge in [-0.1, -0.05) is 51.3 Å². The van der Waals surface area contributed by atoms with Crippen molar-refractivity contribution in [2.45, 2.75) is 184 Å². The topological polar surface area (TPSA) is 254 Å². The summed E-state index contributed by atoms with van der Waals surface area (Å²) >= 11 is 0. The molecule has 3 aromatic rings. The van der Waals surface area contributed by atoms with Gasteiger partial charge in [-0.25, -0.2) is 14.2 Å². The molecule has 0 aliphatic rings. The summed E-state index contributed by atoms with van der Waals surface area (Å²) in [6, 6.07) is 9.73. The second kappa shape index (κ2) is 27.0. The van der Waals surface area contributed by atoms with Gasteiger partial charge in [0.25, 0.3) is 11.8 Å². The molecule has 20 nitrogen and oxygen atoms in total. The molecule has 4 amide bonds. The zero-order valence-electron chi connectivity index (χ0n) is 46.5. The minimum atomic E-state index is -4.38. The van der Waals surface area contributed by atoms with E-state index in [9.17, 15) is 38.1 Å². The number of amides is 4. The van der Waals surface area contributed by atoms with E-state index in [-0.39, 0.29) is 53.8 Å². The summed E-state index contributed by atoms with van der Waals surface area (Å²) in [5.74, 6) is -5.36. The van der Waals surface area contributed by atoms with Gasteiger partial charge in [-0.05, 0) is 146 Å². The molecule has 1 heterocycles. The van der Waals surface area contributed by atoms with Gasteiger partial charge >= 0.3 is 25.7 Å². The lowest BCUT2D eigenvalue weighted by molar-refractivity contribution is -0.171. The lowest BCUT2D eigenvalue weighted by Crippen LogP contribution is -2.49. The molecule has 0 saturated carbocycles. The first-order chi connectivity index (χ1) is 34.7. The predicted molar refractivity (Wildman–Crippen MR) is 279 cm³/mol. The fourth-order valence-corrected chi connectivity index (χ4v) is 9.27. The molecule has 3 N–H and O–H groups in total.